The maximum Gasteiger partial charge on any atom is 0.310 e. The number of hydrogen-bond acceptors (Lipinski definition) is 2. The Hall–Kier alpha value is -1.48. The van der Waals surface area contributed by atoms with Gasteiger partial charge in [-0.05, 0) is 31.0 Å². The van der Waals surface area contributed by atoms with Crippen molar-refractivity contribution < 1.29 is 9.90 Å². The fourth-order valence-corrected chi connectivity index (χ4v) is 2.16. The molecule has 1 aliphatic heterocycles. The summed E-state index contributed by atoms with van der Waals surface area (Å²) < 4.78 is 0. The largest absolute Gasteiger partial charge is 0.481 e. The number of anilines is 1. The molecule has 90 valence electrons. The molecule has 0 saturated heterocycles. The van der Waals surface area contributed by atoms with Crippen molar-refractivity contribution in [2.75, 3.05) is 11.4 Å². The van der Waals surface area contributed by atoms with Crippen molar-refractivity contribution in [3.8, 4) is 0 Å². The molecule has 1 N–H and O–H groups in total. The normalized spacial score (nSPS) is 16.2. The van der Waals surface area contributed by atoms with Crippen molar-refractivity contribution >= 4 is 23.3 Å². The van der Waals surface area contributed by atoms with Gasteiger partial charge in [-0.15, -0.1) is 0 Å². The number of carbonyl (C=O) groups is 1. The zero-order chi connectivity index (χ0) is 12.4. The summed E-state index contributed by atoms with van der Waals surface area (Å²) in [4.78, 5) is 13.0. The summed E-state index contributed by atoms with van der Waals surface area (Å²) >= 11 is 6.19. The summed E-state index contributed by atoms with van der Waals surface area (Å²) in [5, 5.41) is 9.54. The fourth-order valence-electron chi connectivity index (χ4n) is 1.86. The molecular weight excluding hydrogens is 238 g/mol. The van der Waals surface area contributed by atoms with Crippen molar-refractivity contribution in [3.05, 3.63) is 41.1 Å². The molecule has 0 bridgehead atoms. The molecule has 1 heterocycles. The van der Waals surface area contributed by atoms with Crippen molar-refractivity contribution in [1.29, 1.82) is 0 Å². The van der Waals surface area contributed by atoms with Crippen LogP contribution in [0.15, 0.2) is 30.5 Å². The van der Waals surface area contributed by atoms with Gasteiger partial charge in [-0.1, -0.05) is 23.7 Å². The van der Waals surface area contributed by atoms with Crippen LogP contribution in [0.2, 0.25) is 5.02 Å². The monoisotopic (exact) mass is 251 g/mol. The molecule has 0 aliphatic carbocycles. The van der Waals surface area contributed by atoms with Gasteiger partial charge in [0.1, 0.15) is 0 Å². The highest BCUT2D eigenvalue weighted by molar-refractivity contribution is 6.33. The number of carboxylic acids is 1. The van der Waals surface area contributed by atoms with E-state index >= 15 is 0 Å². The van der Waals surface area contributed by atoms with Crippen LogP contribution in [0.5, 0.6) is 0 Å². The summed E-state index contributed by atoms with van der Waals surface area (Å²) in [6.07, 6.45) is 5.11. The van der Waals surface area contributed by atoms with E-state index < -0.39 is 11.9 Å². The first kappa shape index (κ1) is 12.0. The number of benzene rings is 1. The van der Waals surface area contributed by atoms with Crippen molar-refractivity contribution in [3.63, 3.8) is 0 Å². The number of rotatable bonds is 3. The second-order valence-corrected chi connectivity index (χ2v) is 4.54. The van der Waals surface area contributed by atoms with E-state index in [1.807, 2.05) is 18.3 Å². The summed E-state index contributed by atoms with van der Waals surface area (Å²) in [6, 6.07) is 5.45. The summed E-state index contributed by atoms with van der Waals surface area (Å²) in [5.74, 6) is -1.37. The summed E-state index contributed by atoms with van der Waals surface area (Å²) in [6.45, 7) is 2.58. The molecule has 2 rings (SSSR count). The lowest BCUT2D eigenvalue weighted by Crippen LogP contribution is -2.13. The van der Waals surface area contributed by atoms with E-state index in [-0.39, 0.29) is 0 Å². The lowest BCUT2D eigenvalue weighted by Gasteiger charge is -2.18. The Bertz CT molecular complexity index is 470. The molecule has 4 heteroatoms. The first-order valence-electron chi connectivity index (χ1n) is 5.55. The molecule has 1 aromatic rings. The topological polar surface area (TPSA) is 40.5 Å². The Balaban J connectivity index is 2.28. The van der Waals surface area contributed by atoms with E-state index in [1.165, 1.54) is 0 Å². The number of aliphatic carboxylic acids is 1. The van der Waals surface area contributed by atoms with Crippen LogP contribution in [0.25, 0.3) is 0 Å². The Morgan fingerprint density at radius 1 is 1.53 bits per heavy atom. The molecule has 3 nitrogen and oxygen atoms in total. The predicted octanol–water partition coefficient (Wildman–Crippen LogP) is 3.25. The van der Waals surface area contributed by atoms with E-state index in [4.69, 9.17) is 16.7 Å². The van der Waals surface area contributed by atoms with Crippen LogP contribution in [0.3, 0.4) is 0 Å². The van der Waals surface area contributed by atoms with Gasteiger partial charge in [0.15, 0.2) is 0 Å². The van der Waals surface area contributed by atoms with Crippen LogP contribution in [-0.4, -0.2) is 17.6 Å². The molecule has 17 heavy (non-hydrogen) atoms. The zero-order valence-corrected chi connectivity index (χ0v) is 10.3. The second-order valence-electron chi connectivity index (χ2n) is 4.14. The zero-order valence-electron chi connectivity index (χ0n) is 9.56. The molecule has 0 saturated carbocycles. The van der Waals surface area contributed by atoms with Crippen molar-refractivity contribution in [2.24, 2.45) is 0 Å². The van der Waals surface area contributed by atoms with E-state index in [2.05, 4.69) is 11.0 Å². The quantitative estimate of drug-likeness (QED) is 0.897. The molecule has 0 spiro atoms. The van der Waals surface area contributed by atoms with Crippen LogP contribution in [-0.2, 0) is 4.79 Å². The Morgan fingerprint density at radius 2 is 2.29 bits per heavy atom. The number of hydrogen-bond donors (Lipinski definition) is 1. The van der Waals surface area contributed by atoms with Gasteiger partial charge in [-0.25, -0.2) is 0 Å². The van der Waals surface area contributed by atoms with Crippen molar-refractivity contribution in [2.45, 2.75) is 19.3 Å². The SMILES string of the molecule is CC(C(=O)O)c1ccc(N2C=CCC2)c(Cl)c1. The van der Waals surface area contributed by atoms with Gasteiger partial charge in [-0.2, -0.15) is 0 Å². The van der Waals surface area contributed by atoms with Crippen LogP contribution in [0.4, 0.5) is 5.69 Å². The smallest absolute Gasteiger partial charge is 0.310 e. The van der Waals surface area contributed by atoms with Crippen LogP contribution in [0.1, 0.15) is 24.8 Å². The lowest BCUT2D eigenvalue weighted by atomic mass is 10.0. The number of carboxylic acid groups (broad SMARTS) is 1. The molecule has 1 aromatic carbocycles. The van der Waals surface area contributed by atoms with Crippen molar-refractivity contribution in [1.82, 2.24) is 0 Å². The average molecular weight is 252 g/mol. The molecular formula is C13H14ClNO2. The molecule has 1 atom stereocenters. The van der Waals surface area contributed by atoms with Gasteiger partial charge in [0.2, 0.25) is 0 Å². The maximum atomic E-state index is 10.9. The Labute approximate surface area is 105 Å². The van der Waals surface area contributed by atoms with E-state index in [1.54, 1.807) is 13.0 Å². The van der Waals surface area contributed by atoms with E-state index in [0.29, 0.717) is 5.02 Å². The molecule has 1 unspecified atom stereocenters. The number of nitrogens with zero attached hydrogens (tertiary/aromatic N) is 1. The summed E-state index contributed by atoms with van der Waals surface area (Å²) in [7, 11) is 0. The van der Waals surface area contributed by atoms with E-state index in [0.717, 1.165) is 24.2 Å². The standard InChI is InChI=1S/C13H14ClNO2/c1-9(13(16)17)10-4-5-12(11(14)8-10)15-6-2-3-7-15/h2,4-6,8-9H,3,7H2,1H3,(H,16,17). The minimum absolute atomic E-state index is 0.532. The van der Waals surface area contributed by atoms with Gasteiger partial charge in [0.05, 0.1) is 16.6 Å². The molecule has 0 aromatic heterocycles. The first-order chi connectivity index (χ1) is 8.09. The van der Waals surface area contributed by atoms with Gasteiger partial charge in [-0.3, -0.25) is 4.79 Å². The van der Waals surface area contributed by atoms with Gasteiger partial charge in [0, 0.05) is 12.7 Å². The van der Waals surface area contributed by atoms with E-state index in [9.17, 15) is 4.79 Å². The average Bonchev–Trinajstić information content (AvgIpc) is 2.81. The molecule has 0 fully saturated rings. The second kappa shape index (κ2) is 4.80. The molecule has 1 aliphatic rings. The molecule has 0 amide bonds. The van der Waals surface area contributed by atoms with Gasteiger partial charge in [0.25, 0.3) is 0 Å². The Kier molecular flexibility index (Phi) is 3.38. The number of halogens is 1. The minimum Gasteiger partial charge on any atom is -0.481 e. The predicted molar refractivity (Wildman–Crippen MR) is 68.6 cm³/mol. The van der Waals surface area contributed by atoms with Crippen LogP contribution >= 0.6 is 11.6 Å². The third-order valence-electron chi connectivity index (χ3n) is 2.97. The fraction of sp³-hybridized carbons (Fsp3) is 0.308. The minimum atomic E-state index is -0.838. The highest BCUT2D eigenvalue weighted by atomic mass is 35.5. The highest BCUT2D eigenvalue weighted by Gasteiger charge is 2.17. The Morgan fingerprint density at radius 3 is 2.82 bits per heavy atom. The van der Waals surface area contributed by atoms with Crippen LogP contribution in [0, 0.1) is 0 Å². The third-order valence-corrected chi connectivity index (χ3v) is 3.28. The molecule has 0 radical (unpaired) electrons. The summed E-state index contributed by atoms with van der Waals surface area (Å²) in [5.41, 5.74) is 1.66. The third kappa shape index (κ3) is 2.44. The van der Waals surface area contributed by atoms with Gasteiger partial charge >= 0.3 is 5.97 Å². The van der Waals surface area contributed by atoms with Crippen LogP contribution < -0.4 is 4.90 Å². The lowest BCUT2D eigenvalue weighted by molar-refractivity contribution is -0.138. The highest BCUT2D eigenvalue weighted by Crippen LogP contribution is 2.31. The maximum absolute atomic E-state index is 10.9. The first-order valence-corrected chi connectivity index (χ1v) is 5.93. The van der Waals surface area contributed by atoms with Gasteiger partial charge < -0.3 is 10.0 Å².